The van der Waals surface area contributed by atoms with Crippen molar-refractivity contribution in [3.05, 3.63) is 72.4 Å². The molecule has 3 heterocycles. The van der Waals surface area contributed by atoms with Gasteiger partial charge in [-0.25, -0.2) is 19.3 Å². The zero-order valence-corrected chi connectivity index (χ0v) is 15.8. The van der Waals surface area contributed by atoms with Crippen molar-refractivity contribution in [3.63, 3.8) is 0 Å². The van der Waals surface area contributed by atoms with E-state index in [1.165, 1.54) is 12.1 Å². The molecule has 0 unspecified atom stereocenters. The van der Waals surface area contributed by atoms with Crippen LogP contribution in [0.2, 0.25) is 0 Å². The molecule has 0 radical (unpaired) electrons. The molecule has 1 aliphatic rings. The van der Waals surface area contributed by atoms with Crippen molar-refractivity contribution in [2.45, 2.75) is 6.42 Å². The second-order valence-electron chi connectivity index (χ2n) is 6.79. The lowest BCUT2D eigenvalue weighted by Gasteiger charge is -2.35. The average molecular weight is 392 g/mol. The van der Waals surface area contributed by atoms with E-state index in [0.717, 1.165) is 37.6 Å². The van der Waals surface area contributed by atoms with Crippen LogP contribution in [0.15, 0.2) is 61.1 Å². The van der Waals surface area contributed by atoms with Crippen LogP contribution in [0.1, 0.15) is 5.56 Å². The van der Waals surface area contributed by atoms with Gasteiger partial charge in [-0.05, 0) is 29.8 Å². The van der Waals surface area contributed by atoms with Crippen LogP contribution in [0, 0.1) is 5.82 Å². The number of rotatable bonds is 5. The number of anilines is 3. The molecule has 0 spiro atoms. The highest BCUT2D eigenvalue weighted by atomic mass is 19.1. The summed E-state index contributed by atoms with van der Waals surface area (Å²) in [6.07, 6.45) is 5.18. The Hall–Kier alpha value is -3.55. The Morgan fingerprint density at radius 2 is 1.62 bits per heavy atom. The van der Waals surface area contributed by atoms with E-state index in [0.29, 0.717) is 11.6 Å². The molecule has 1 N–H and O–H groups in total. The molecule has 8 heteroatoms. The quantitative estimate of drug-likeness (QED) is 0.719. The van der Waals surface area contributed by atoms with E-state index in [2.05, 4.69) is 30.1 Å². The van der Waals surface area contributed by atoms with Gasteiger partial charge in [-0.15, -0.1) is 0 Å². The highest BCUT2D eigenvalue weighted by Crippen LogP contribution is 2.16. The molecule has 148 valence electrons. The third-order valence-corrected chi connectivity index (χ3v) is 4.74. The summed E-state index contributed by atoms with van der Waals surface area (Å²) < 4.78 is 12.9. The molecule has 0 bridgehead atoms. The summed E-state index contributed by atoms with van der Waals surface area (Å²) in [5, 5.41) is 2.77. The number of piperazine rings is 1. The van der Waals surface area contributed by atoms with Gasteiger partial charge in [0.2, 0.25) is 11.9 Å². The first-order valence-electron chi connectivity index (χ1n) is 9.45. The Balaban J connectivity index is 1.30. The molecule has 29 heavy (non-hydrogen) atoms. The molecule has 1 amide bonds. The number of nitrogens with one attached hydrogen (secondary N) is 1. The fourth-order valence-corrected chi connectivity index (χ4v) is 3.22. The van der Waals surface area contributed by atoms with Crippen molar-refractivity contribution in [3.8, 4) is 0 Å². The first-order chi connectivity index (χ1) is 14.2. The molecule has 3 aromatic rings. The predicted molar refractivity (Wildman–Crippen MR) is 109 cm³/mol. The number of halogens is 1. The fraction of sp³-hybridized carbons (Fsp3) is 0.238. The summed E-state index contributed by atoms with van der Waals surface area (Å²) in [5.41, 5.74) is 1.28. The minimum atomic E-state index is -0.320. The van der Waals surface area contributed by atoms with Crippen molar-refractivity contribution >= 4 is 23.4 Å². The lowest BCUT2D eigenvalue weighted by Crippen LogP contribution is -2.47. The third kappa shape index (κ3) is 4.84. The number of hydrogen-bond donors (Lipinski definition) is 1. The standard InChI is InChI=1S/C21H21FN6O/c22-17-6-4-16(5-7-17)13-20(29)26-18-14-24-21(25-15-18)28-11-9-27(10-12-28)19-3-1-2-8-23-19/h1-8,14-15H,9-13H2,(H,26,29). The minimum Gasteiger partial charge on any atom is -0.353 e. The van der Waals surface area contributed by atoms with E-state index in [-0.39, 0.29) is 18.1 Å². The molecular formula is C21H21FN6O. The first kappa shape index (κ1) is 18.8. The monoisotopic (exact) mass is 392 g/mol. The van der Waals surface area contributed by atoms with Gasteiger partial charge in [-0.2, -0.15) is 0 Å². The summed E-state index contributed by atoms with van der Waals surface area (Å²) in [6, 6.07) is 11.8. The zero-order valence-electron chi connectivity index (χ0n) is 15.8. The number of aromatic nitrogens is 3. The van der Waals surface area contributed by atoms with Crippen LogP contribution in [0.4, 0.5) is 21.8 Å². The fourth-order valence-electron chi connectivity index (χ4n) is 3.22. The summed E-state index contributed by atoms with van der Waals surface area (Å²) >= 11 is 0. The van der Waals surface area contributed by atoms with Crippen LogP contribution < -0.4 is 15.1 Å². The molecule has 0 atom stereocenters. The maximum Gasteiger partial charge on any atom is 0.228 e. The molecule has 1 aromatic carbocycles. The van der Waals surface area contributed by atoms with Crippen molar-refractivity contribution in [1.82, 2.24) is 15.0 Å². The van der Waals surface area contributed by atoms with E-state index < -0.39 is 0 Å². The van der Waals surface area contributed by atoms with Crippen LogP contribution in [0.25, 0.3) is 0 Å². The van der Waals surface area contributed by atoms with E-state index >= 15 is 0 Å². The number of carbonyl (C=O) groups is 1. The van der Waals surface area contributed by atoms with Gasteiger partial charge in [0.25, 0.3) is 0 Å². The number of carbonyl (C=O) groups excluding carboxylic acids is 1. The van der Waals surface area contributed by atoms with Crippen LogP contribution >= 0.6 is 0 Å². The Kier molecular flexibility index (Phi) is 5.60. The zero-order chi connectivity index (χ0) is 20.1. The van der Waals surface area contributed by atoms with Crippen molar-refractivity contribution in [2.75, 3.05) is 41.3 Å². The lowest BCUT2D eigenvalue weighted by molar-refractivity contribution is -0.115. The highest BCUT2D eigenvalue weighted by molar-refractivity contribution is 5.91. The van der Waals surface area contributed by atoms with E-state index in [1.54, 1.807) is 30.7 Å². The van der Waals surface area contributed by atoms with Gasteiger partial charge < -0.3 is 15.1 Å². The summed E-state index contributed by atoms with van der Waals surface area (Å²) in [5.74, 6) is 1.10. The van der Waals surface area contributed by atoms with Gasteiger partial charge in [0.05, 0.1) is 24.5 Å². The van der Waals surface area contributed by atoms with Crippen molar-refractivity contribution in [1.29, 1.82) is 0 Å². The van der Waals surface area contributed by atoms with Crippen LogP contribution in [-0.2, 0) is 11.2 Å². The third-order valence-electron chi connectivity index (χ3n) is 4.74. The predicted octanol–water partition coefficient (Wildman–Crippen LogP) is 2.52. The highest BCUT2D eigenvalue weighted by Gasteiger charge is 2.19. The van der Waals surface area contributed by atoms with Crippen LogP contribution in [-0.4, -0.2) is 47.0 Å². The first-order valence-corrected chi connectivity index (χ1v) is 9.45. The van der Waals surface area contributed by atoms with E-state index in [9.17, 15) is 9.18 Å². The number of nitrogens with zero attached hydrogens (tertiary/aromatic N) is 5. The molecule has 1 fully saturated rings. The Labute approximate surface area is 168 Å². The summed E-state index contributed by atoms with van der Waals surface area (Å²) in [6.45, 7) is 3.28. The molecule has 2 aromatic heterocycles. The maximum atomic E-state index is 12.9. The van der Waals surface area contributed by atoms with Gasteiger partial charge in [-0.3, -0.25) is 4.79 Å². The van der Waals surface area contributed by atoms with Gasteiger partial charge in [-0.1, -0.05) is 18.2 Å². The maximum absolute atomic E-state index is 12.9. The molecule has 4 rings (SSSR count). The second-order valence-corrected chi connectivity index (χ2v) is 6.79. The molecule has 1 aliphatic heterocycles. The molecule has 7 nitrogen and oxygen atoms in total. The van der Waals surface area contributed by atoms with E-state index in [1.807, 2.05) is 18.2 Å². The SMILES string of the molecule is O=C(Cc1ccc(F)cc1)Nc1cnc(N2CCN(c3ccccn3)CC2)nc1. The molecule has 0 aliphatic carbocycles. The summed E-state index contributed by atoms with van der Waals surface area (Å²) in [4.78, 5) is 29.7. The number of hydrogen-bond acceptors (Lipinski definition) is 6. The van der Waals surface area contributed by atoms with Crippen LogP contribution in [0.5, 0.6) is 0 Å². The molecule has 0 saturated carbocycles. The van der Waals surface area contributed by atoms with Gasteiger partial charge in [0, 0.05) is 32.4 Å². The topological polar surface area (TPSA) is 74.2 Å². The average Bonchev–Trinajstić information content (AvgIpc) is 2.77. The van der Waals surface area contributed by atoms with Gasteiger partial charge in [0.1, 0.15) is 11.6 Å². The second kappa shape index (κ2) is 8.64. The number of benzene rings is 1. The Morgan fingerprint density at radius 1 is 0.931 bits per heavy atom. The van der Waals surface area contributed by atoms with Crippen LogP contribution in [0.3, 0.4) is 0 Å². The summed E-state index contributed by atoms with van der Waals surface area (Å²) in [7, 11) is 0. The van der Waals surface area contributed by atoms with E-state index in [4.69, 9.17) is 0 Å². The van der Waals surface area contributed by atoms with Crippen molar-refractivity contribution in [2.24, 2.45) is 0 Å². The minimum absolute atomic E-state index is 0.164. The Morgan fingerprint density at radius 3 is 2.28 bits per heavy atom. The van der Waals surface area contributed by atoms with Gasteiger partial charge >= 0.3 is 0 Å². The lowest BCUT2D eigenvalue weighted by atomic mass is 10.1. The number of amides is 1. The Bertz CT molecular complexity index is 941. The smallest absolute Gasteiger partial charge is 0.228 e. The largest absolute Gasteiger partial charge is 0.353 e. The number of pyridine rings is 1. The van der Waals surface area contributed by atoms with Crippen molar-refractivity contribution < 1.29 is 9.18 Å². The normalized spacial score (nSPS) is 14.0. The van der Waals surface area contributed by atoms with Gasteiger partial charge in [0.15, 0.2) is 0 Å². The molecule has 1 saturated heterocycles. The molecular weight excluding hydrogens is 371 g/mol.